The third kappa shape index (κ3) is 3.46. The van der Waals surface area contributed by atoms with Crippen molar-refractivity contribution in [2.75, 3.05) is 11.9 Å². The van der Waals surface area contributed by atoms with Crippen LogP contribution in [0, 0.1) is 0 Å². The van der Waals surface area contributed by atoms with Crippen LogP contribution in [-0.4, -0.2) is 7.05 Å². The average Bonchev–Trinajstić information content (AvgIpc) is 3.28. The van der Waals surface area contributed by atoms with Crippen LogP contribution in [0.1, 0.15) is 0 Å². The van der Waals surface area contributed by atoms with Gasteiger partial charge >= 0.3 is 0 Å². The van der Waals surface area contributed by atoms with Crippen molar-refractivity contribution in [3.8, 4) is 22.3 Å². The molecule has 158 valence electrons. The number of anilines is 2. The van der Waals surface area contributed by atoms with Gasteiger partial charge in [0.25, 0.3) is 0 Å². The van der Waals surface area contributed by atoms with Gasteiger partial charge in [-0.25, -0.2) is 0 Å². The fourth-order valence-electron chi connectivity index (χ4n) is 4.54. The molecule has 0 aliphatic rings. The lowest BCUT2D eigenvalue weighted by Crippen LogP contribution is -2.08. The lowest BCUT2D eigenvalue weighted by atomic mass is 9.99. The van der Waals surface area contributed by atoms with Crippen LogP contribution in [-0.2, 0) is 0 Å². The Bertz CT molecular complexity index is 1540. The van der Waals surface area contributed by atoms with Crippen LogP contribution in [0.25, 0.3) is 44.2 Å². The van der Waals surface area contributed by atoms with Gasteiger partial charge < -0.3 is 9.32 Å². The van der Waals surface area contributed by atoms with Crippen molar-refractivity contribution in [1.82, 2.24) is 0 Å². The highest BCUT2D eigenvalue weighted by molar-refractivity contribution is 6.12. The number of fused-ring (bicyclic) bond motifs is 3. The highest BCUT2D eigenvalue weighted by Gasteiger charge is 2.12. The summed E-state index contributed by atoms with van der Waals surface area (Å²) in [6.45, 7) is 0. The topological polar surface area (TPSA) is 16.4 Å². The molecule has 6 rings (SSSR count). The Morgan fingerprint density at radius 3 is 1.79 bits per heavy atom. The van der Waals surface area contributed by atoms with Gasteiger partial charge in [0.2, 0.25) is 0 Å². The Morgan fingerprint density at radius 2 is 1.06 bits per heavy atom. The standard InChI is InChI=1S/C31H23NO/c1-32(25-18-14-23(15-19-25)22-8-3-2-4-9-22)26-20-16-24(17-21-26)27-11-7-13-30-31(27)28-10-5-6-12-29(28)33-30/h2-21H,1H3. The molecule has 0 saturated carbocycles. The molecule has 6 aromatic rings. The number of hydrogen-bond acceptors (Lipinski definition) is 2. The van der Waals surface area contributed by atoms with Crippen molar-refractivity contribution in [3.05, 3.63) is 121 Å². The Hall–Kier alpha value is -4.30. The third-order valence-corrected chi connectivity index (χ3v) is 6.33. The second-order valence-electron chi connectivity index (χ2n) is 8.30. The van der Waals surface area contributed by atoms with E-state index in [1.54, 1.807) is 0 Å². The zero-order valence-electron chi connectivity index (χ0n) is 18.4. The van der Waals surface area contributed by atoms with E-state index in [9.17, 15) is 0 Å². The van der Waals surface area contributed by atoms with E-state index in [1.165, 1.54) is 27.6 Å². The van der Waals surface area contributed by atoms with Gasteiger partial charge in [0.15, 0.2) is 0 Å². The van der Waals surface area contributed by atoms with Crippen LogP contribution in [0.4, 0.5) is 11.4 Å². The molecule has 2 heteroatoms. The first-order valence-corrected chi connectivity index (χ1v) is 11.2. The number of benzene rings is 5. The lowest BCUT2D eigenvalue weighted by molar-refractivity contribution is 0.669. The molecule has 0 saturated heterocycles. The van der Waals surface area contributed by atoms with Crippen molar-refractivity contribution in [3.63, 3.8) is 0 Å². The van der Waals surface area contributed by atoms with Crippen LogP contribution in [0.5, 0.6) is 0 Å². The van der Waals surface area contributed by atoms with E-state index in [1.807, 2.05) is 24.3 Å². The molecule has 0 aliphatic carbocycles. The first-order chi connectivity index (χ1) is 16.3. The summed E-state index contributed by atoms with van der Waals surface area (Å²) < 4.78 is 6.07. The molecule has 1 heterocycles. The van der Waals surface area contributed by atoms with Crippen molar-refractivity contribution < 1.29 is 4.42 Å². The molecule has 5 aromatic carbocycles. The maximum Gasteiger partial charge on any atom is 0.136 e. The molecule has 0 radical (unpaired) electrons. The zero-order valence-corrected chi connectivity index (χ0v) is 18.4. The number of hydrogen-bond donors (Lipinski definition) is 0. The van der Waals surface area contributed by atoms with Gasteiger partial charge in [-0.1, -0.05) is 84.9 Å². The summed E-state index contributed by atoms with van der Waals surface area (Å²) >= 11 is 0. The van der Waals surface area contributed by atoms with E-state index in [4.69, 9.17) is 4.42 Å². The lowest BCUT2D eigenvalue weighted by Gasteiger charge is -2.20. The highest BCUT2D eigenvalue weighted by Crippen LogP contribution is 2.37. The Kier molecular flexibility index (Phi) is 4.70. The van der Waals surface area contributed by atoms with Gasteiger partial charge in [-0.15, -0.1) is 0 Å². The first-order valence-electron chi connectivity index (χ1n) is 11.2. The number of furan rings is 1. The minimum atomic E-state index is 0.924. The SMILES string of the molecule is CN(c1ccc(-c2ccccc2)cc1)c1ccc(-c2cccc3oc4ccccc4c23)cc1. The smallest absolute Gasteiger partial charge is 0.136 e. The maximum atomic E-state index is 6.07. The molecule has 33 heavy (non-hydrogen) atoms. The van der Waals surface area contributed by atoms with Gasteiger partial charge in [0.1, 0.15) is 11.2 Å². The third-order valence-electron chi connectivity index (χ3n) is 6.33. The largest absolute Gasteiger partial charge is 0.456 e. The van der Waals surface area contributed by atoms with Crippen LogP contribution in [0.2, 0.25) is 0 Å². The summed E-state index contributed by atoms with van der Waals surface area (Å²) in [4.78, 5) is 2.21. The van der Waals surface area contributed by atoms with Crippen molar-refractivity contribution in [2.24, 2.45) is 0 Å². The summed E-state index contributed by atoms with van der Waals surface area (Å²) in [5, 5.41) is 2.33. The minimum absolute atomic E-state index is 0.924. The Labute approximate surface area is 193 Å². The van der Waals surface area contributed by atoms with E-state index in [2.05, 4.69) is 109 Å². The molecule has 0 unspecified atom stereocenters. The first kappa shape index (κ1) is 19.4. The molecular weight excluding hydrogens is 402 g/mol. The minimum Gasteiger partial charge on any atom is -0.456 e. The number of rotatable bonds is 4. The fraction of sp³-hybridized carbons (Fsp3) is 0.0323. The van der Waals surface area contributed by atoms with Crippen LogP contribution in [0.3, 0.4) is 0 Å². The molecular formula is C31H23NO. The van der Waals surface area contributed by atoms with Gasteiger partial charge in [-0.2, -0.15) is 0 Å². The molecule has 0 atom stereocenters. The summed E-state index contributed by atoms with van der Waals surface area (Å²) in [5.41, 5.74) is 8.99. The molecule has 0 bridgehead atoms. The summed E-state index contributed by atoms with van der Waals surface area (Å²) in [7, 11) is 2.11. The monoisotopic (exact) mass is 425 g/mol. The van der Waals surface area contributed by atoms with Gasteiger partial charge in [-0.3, -0.25) is 0 Å². The normalized spacial score (nSPS) is 11.2. The Morgan fingerprint density at radius 1 is 0.485 bits per heavy atom. The van der Waals surface area contributed by atoms with Gasteiger partial charge in [-0.05, 0) is 58.7 Å². The van der Waals surface area contributed by atoms with E-state index in [-0.39, 0.29) is 0 Å². The van der Waals surface area contributed by atoms with Crippen molar-refractivity contribution in [1.29, 1.82) is 0 Å². The summed E-state index contributed by atoms with van der Waals surface area (Å²) in [5.74, 6) is 0. The predicted molar refractivity (Wildman–Crippen MR) is 139 cm³/mol. The number of nitrogens with zero attached hydrogens (tertiary/aromatic N) is 1. The van der Waals surface area contributed by atoms with E-state index in [0.717, 1.165) is 27.9 Å². The quantitative estimate of drug-likeness (QED) is 0.281. The van der Waals surface area contributed by atoms with Gasteiger partial charge in [0, 0.05) is 29.2 Å². The second-order valence-corrected chi connectivity index (χ2v) is 8.30. The van der Waals surface area contributed by atoms with Crippen LogP contribution in [0.15, 0.2) is 126 Å². The molecule has 0 N–H and O–H groups in total. The van der Waals surface area contributed by atoms with Crippen LogP contribution < -0.4 is 4.90 Å². The van der Waals surface area contributed by atoms with E-state index >= 15 is 0 Å². The maximum absolute atomic E-state index is 6.07. The second kappa shape index (κ2) is 7.99. The molecule has 0 spiro atoms. The molecule has 1 aromatic heterocycles. The molecule has 0 amide bonds. The van der Waals surface area contributed by atoms with Crippen molar-refractivity contribution in [2.45, 2.75) is 0 Å². The molecule has 0 aliphatic heterocycles. The Balaban J connectivity index is 1.32. The fourth-order valence-corrected chi connectivity index (χ4v) is 4.54. The molecule has 0 fully saturated rings. The molecule has 2 nitrogen and oxygen atoms in total. The van der Waals surface area contributed by atoms with Gasteiger partial charge in [0.05, 0.1) is 0 Å². The summed E-state index contributed by atoms with van der Waals surface area (Å²) in [6.07, 6.45) is 0. The predicted octanol–water partition coefficient (Wildman–Crippen LogP) is 8.69. The van der Waals surface area contributed by atoms with Crippen molar-refractivity contribution >= 4 is 33.3 Å². The summed E-state index contributed by atoms with van der Waals surface area (Å²) in [6, 6.07) is 42.5. The highest BCUT2D eigenvalue weighted by atomic mass is 16.3. The zero-order chi connectivity index (χ0) is 22.2. The van der Waals surface area contributed by atoms with E-state index in [0.29, 0.717) is 0 Å². The van der Waals surface area contributed by atoms with E-state index < -0.39 is 0 Å². The average molecular weight is 426 g/mol. The van der Waals surface area contributed by atoms with Crippen LogP contribution >= 0.6 is 0 Å². The number of para-hydroxylation sites is 1.